The second-order valence-corrected chi connectivity index (χ2v) is 3.56. The zero-order chi connectivity index (χ0) is 7.84. The van der Waals surface area contributed by atoms with Gasteiger partial charge in [0.1, 0.15) is 5.69 Å². The van der Waals surface area contributed by atoms with Crippen LogP contribution in [0.5, 0.6) is 0 Å². The highest BCUT2D eigenvalue weighted by Crippen LogP contribution is 2.30. The molecule has 2 rings (SSSR count). The number of hydrogen-bond donors (Lipinski definition) is 1. The van der Waals surface area contributed by atoms with Gasteiger partial charge in [0.05, 0.1) is 0 Å². The highest BCUT2D eigenvalue weighted by atomic mass is 32.2. The van der Waals surface area contributed by atoms with E-state index in [4.69, 9.17) is 0 Å². The van der Waals surface area contributed by atoms with E-state index in [9.17, 15) is 4.79 Å². The predicted octanol–water partition coefficient (Wildman–Crippen LogP) is 1.36. The van der Waals surface area contributed by atoms with Gasteiger partial charge >= 0.3 is 0 Å². The molecule has 0 aromatic carbocycles. The van der Waals surface area contributed by atoms with Crippen molar-refractivity contribution >= 4 is 17.5 Å². The van der Waals surface area contributed by atoms with Crippen LogP contribution in [0.3, 0.4) is 0 Å². The molecule has 3 nitrogen and oxygen atoms in total. The quantitative estimate of drug-likeness (QED) is 0.644. The highest BCUT2D eigenvalue weighted by Gasteiger charge is 2.20. The smallest absolute Gasteiger partial charge is 0.180 e. The van der Waals surface area contributed by atoms with Gasteiger partial charge in [-0.05, 0) is 0 Å². The minimum atomic E-state index is 0.0602. The summed E-state index contributed by atoms with van der Waals surface area (Å²) in [7, 11) is 0. The molecule has 0 amide bonds. The summed E-state index contributed by atoms with van der Waals surface area (Å²) in [4.78, 5) is 11.0. The third-order valence-electron chi connectivity index (χ3n) is 1.78. The molecule has 0 radical (unpaired) electrons. The van der Waals surface area contributed by atoms with Crippen LogP contribution in [0.15, 0.2) is 0 Å². The summed E-state index contributed by atoms with van der Waals surface area (Å²) < 4.78 is 0. The lowest BCUT2D eigenvalue weighted by Gasteiger charge is -1.89. The lowest BCUT2D eigenvalue weighted by Crippen LogP contribution is -1.95. The van der Waals surface area contributed by atoms with Gasteiger partial charge in [0.15, 0.2) is 5.78 Å². The van der Waals surface area contributed by atoms with E-state index in [0.29, 0.717) is 5.69 Å². The lowest BCUT2D eigenvalue weighted by atomic mass is 10.2. The molecule has 4 heteroatoms. The Kier molecular flexibility index (Phi) is 1.49. The molecule has 1 aromatic rings. The predicted molar refractivity (Wildman–Crippen MR) is 43.6 cm³/mol. The van der Waals surface area contributed by atoms with Crippen molar-refractivity contribution < 1.29 is 4.79 Å². The van der Waals surface area contributed by atoms with Gasteiger partial charge in [-0.3, -0.25) is 9.89 Å². The fraction of sp³-hybridized carbons (Fsp3) is 0.429. The molecular weight excluding hydrogens is 160 g/mol. The largest absolute Gasteiger partial charge is 0.293 e. The minimum absolute atomic E-state index is 0.0602. The molecule has 1 aromatic heterocycles. The zero-order valence-corrected chi connectivity index (χ0v) is 6.99. The average Bonchev–Trinajstić information content (AvgIpc) is 2.41. The Labute approximate surface area is 68.6 Å². The number of fused-ring (bicyclic) bond motifs is 1. The topological polar surface area (TPSA) is 45.8 Å². The molecule has 0 saturated carbocycles. The molecule has 1 aliphatic heterocycles. The molecule has 0 fully saturated rings. The number of aromatic nitrogens is 2. The molecule has 0 saturated heterocycles. The third-order valence-corrected chi connectivity index (χ3v) is 2.76. The zero-order valence-electron chi connectivity index (χ0n) is 6.18. The van der Waals surface area contributed by atoms with E-state index in [2.05, 4.69) is 10.2 Å². The molecule has 0 atom stereocenters. The first-order chi connectivity index (χ1) is 5.29. The number of thioether (sulfide) groups is 1. The van der Waals surface area contributed by atoms with Crippen LogP contribution in [0.4, 0.5) is 0 Å². The van der Waals surface area contributed by atoms with E-state index in [1.807, 2.05) is 11.8 Å². The summed E-state index contributed by atoms with van der Waals surface area (Å²) in [5.74, 6) is 1.96. The first-order valence-corrected chi connectivity index (χ1v) is 4.59. The third kappa shape index (κ3) is 0.976. The molecule has 2 heterocycles. The van der Waals surface area contributed by atoms with Gasteiger partial charge in [-0.1, -0.05) is 0 Å². The number of aromatic amines is 1. The van der Waals surface area contributed by atoms with Crippen LogP contribution in [-0.2, 0) is 11.5 Å². The number of hydrogen-bond acceptors (Lipinski definition) is 3. The van der Waals surface area contributed by atoms with Crippen molar-refractivity contribution in [2.75, 3.05) is 0 Å². The second kappa shape index (κ2) is 2.37. The van der Waals surface area contributed by atoms with Crippen molar-refractivity contribution in [3.8, 4) is 0 Å². The highest BCUT2D eigenvalue weighted by molar-refractivity contribution is 7.98. The Balaban J connectivity index is 2.50. The number of nitrogens with zero attached hydrogens (tertiary/aromatic N) is 1. The van der Waals surface area contributed by atoms with Crippen LogP contribution in [0.2, 0.25) is 0 Å². The van der Waals surface area contributed by atoms with Gasteiger partial charge in [-0.25, -0.2) is 0 Å². The Hall–Kier alpha value is -0.770. The Morgan fingerprint density at radius 1 is 1.64 bits per heavy atom. The van der Waals surface area contributed by atoms with Crippen molar-refractivity contribution in [1.82, 2.24) is 10.2 Å². The van der Waals surface area contributed by atoms with Gasteiger partial charge in [0.2, 0.25) is 0 Å². The second-order valence-electron chi connectivity index (χ2n) is 2.58. The van der Waals surface area contributed by atoms with E-state index in [0.717, 1.165) is 22.8 Å². The van der Waals surface area contributed by atoms with Gasteiger partial charge in [0.25, 0.3) is 0 Å². The Bertz CT molecular complexity index is 305. The summed E-state index contributed by atoms with van der Waals surface area (Å²) in [5, 5.41) is 6.83. The summed E-state index contributed by atoms with van der Waals surface area (Å²) in [6.45, 7) is 1.56. The van der Waals surface area contributed by atoms with Crippen LogP contribution in [0.25, 0.3) is 0 Å². The fourth-order valence-electron chi connectivity index (χ4n) is 1.22. The molecular formula is C7H8N2OS. The number of Topliss-reactive ketones (excluding diaryl/α,β-unsaturated/α-hetero) is 1. The molecule has 0 spiro atoms. The Morgan fingerprint density at radius 2 is 2.45 bits per heavy atom. The maximum atomic E-state index is 11.0. The van der Waals surface area contributed by atoms with Gasteiger partial charge < -0.3 is 0 Å². The van der Waals surface area contributed by atoms with Crippen LogP contribution in [0.1, 0.15) is 28.7 Å². The maximum Gasteiger partial charge on any atom is 0.180 e. The van der Waals surface area contributed by atoms with Gasteiger partial charge in [0, 0.05) is 29.7 Å². The van der Waals surface area contributed by atoms with E-state index in [-0.39, 0.29) is 5.78 Å². The van der Waals surface area contributed by atoms with Crippen LogP contribution < -0.4 is 0 Å². The first kappa shape index (κ1) is 6.91. The first-order valence-electron chi connectivity index (χ1n) is 3.44. The molecule has 58 valence electrons. The number of H-pyrrole nitrogens is 1. The summed E-state index contributed by atoms with van der Waals surface area (Å²) in [5.41, 5.74) is 2.87. The number of rotatable bonds is 1. The molecule has 0 aliphatic carbocycles. The number of carbonyl (C=O) groups is 1. The summed E-state index contributed by atoms with van der Waals surface area (Å²) in [6, 6.07) is 0. The summed E-state index contributed by atoms with van der Waals surface area (Å²) >= 11 is 1.82. The van der Waals surface area contributed by atoms with Crippen molar-refractivity contribution in [2.24, 2.45) is 0 Å². The normalized spacial score (nSPS) is 15.0. The number of ketones is 1. The number of nitrogens with one attached hydrogen (secondary N) is 1. The molecule has 1 aliphatic rings. The minimum Gasteiger partial charge on any atom is -0.293 e. The standard InChI is InChI=1S/C7H8N2OS/c1-4(10)7-5-2-11-3-6(5)8-9-7/h2-3H2,1H3,(H,8,9). The summed E-state index contributed by atoms with van der Waals surface area (Å²) in [6.07, 6.45) is 0. The van der Waals surface area contributed by atoms with Crippen LogP contribution in [-0.4, -0.2) is 16.0 Å². The van der Waals surface area contributed by atoms with E-state index < -0.39 is 0 Å². The van der Waals surface area contributed by atoms with Gasteiger partial charge in [-0.2, -0.15) is 16.9 Å². The molecule has 0 bridgehead atoms. The van der Waals surface area contributed by atoms with Crippen molar-refractivity contribution in [2.45, 2.75) is 18.4 Å². The van der Waals surface area contributed by atoms with Crippen LogP contribution in [0, 0.1) is 0 Å². The fourth-order valence-corrected chi connectivity index (χ4v) is 2.28. The maximum absolute atomic E-state index is 11.0. The van der Waals surface area contributed by atoms with E-state index in [1.165, 1.54) is 0 Å². The lowest BCUT2D eigenvalue weighted by molar-refractivity contribution is 0.101. The monoisotopic (exact) mass is 168 g/mol. The SMILES string of the molecule is CC(=O)c1n[nH]c2c1CSC2. The Morgan fingerprint density at radius 3 is 3.18 bits per heavy atom. The average molecular weight is 168 g/mol. The molecule has 11 heavy (non-hydrogen) atoms. The van der Waals surface area contributed by atoms with Crippen molar-refractivity contribution in [1.29, 1.82) is 0 Å². The van der Waals surface area contributed by atoms with E-state index in [1.54, 1.807) is 6.92 Å². The van der Waals surface area contributed by atoms with E-state index >= 15 is 0 Å². The van der Waals surface area contributed by atoms with Crippen molar-refractivity contribution in [3.05, 3.63) is 17.0 Å². The van der Waals surface area contributed by atoms with Gasteiger partial charge in [-0.15, -0.1) is 0 Å². The molecule has 0 unspecified atom stereocenters. The van der Waals surface area contributed by atoms with Crippen LogP contribution >= 0.6 is 11.8 Å². The van der Waals surface area contributed by atoms with Crippen molar-refractivity contribution in [3.63, 3.8) is 0 Å². The molecule has 1 N–H and O–H groups in total. The number of carbonyl (C=O) groups excluding carboxylic acids is 1.